The van der Waals surface area contributed by atoms with Crippen molar-refractivity contribution >= 4 is 45.0 Å². The Kier molecular flexibility index (Phi) is 18.4. The van der Waals surface area contributed by atoms with E-state index in [9.17, 15) is 58.0 Å². The zero-order chi connectivity index (χ0) is 48.2. The fourth-order valence-corrected chi connectivity index (χ4v) is 8.69. The molecule has 4 rings (SSSR count). The number of hydrogen-bond donors (Lipinski definition) is 8. The van der Waals surface area contributed by atoms with E-state index in [0.717, 1.165) is 46.8 Å². The van der Waals surface area contributed by atoms with Crippen molar-refractivity contribution in [3.05, 3.63) is 94.7 Å². The summed E-state index contributed by atoms with van der Waals surface area (Å²) >= 11 is 0. The molecule has 0 radical (unpaired) electrons. The van der Waals surface area contributed by atoms with Crippen LogP contribution in [0.2, 0.25) is 0 Å². The minimum absolute atomic E-state index is 0.148. The van der Waals surface area contributed by atoms with Gasteiger partial charge in [0.1, 0.15) is 17.6 Å². The molecular weight excluding hydrogens is 861 g/mol. The van der Waals surface area contributed by atoms with Gasteiger partial charge in [-0.05, 0) is 88.4 Å². The number of rotatable bonds is 25. The third kappa shape index (κ3) is 12.6. The van der Waals surface area contributed by atoms with Gasteiger partial charge in [0, 0.05) is 70.8 Å². The van der Waals surface area contributed by atoms with Crippen molar-refractivity contribution in [2.45, 2.75) is 95.1 Å². The van der Waals surface area contributed by atoms with Crippen LogP contribution >= 0.6 is 0 Å². The first kappa shape index (κ1) is 52.8. The third-order valence-electron chi connectivity index (χ3n) is 12.2. The van der Waals surface area contributed by atoms with Crippen LogP contribution in [-0.2, 0) is 30.5 Å². The number of allylic oxidation sites excluding steroid dienone is 6. The highest BCUT2D eigenvalue weighted by Crippen LogP contribution is 2.48. The van der Waals surface area contributed by atoms with Crippen molar-refractivity contribution in [1.29, 1.82) is 0 Å². The van der Waals surface area contributed by atoms with E-state index in [1.54, 1.807) is 37.3 Å². The smallest absolute Gasteiger partial charge is 0.305 e. The summed E-state index contributed by atoms with van der Waals surface area (Å²) in [6, 6.07) is 10.3. The number of amides is 2. The lowest BCUT2D eigenvalue weighted by atomic mass is 9.80. The SMILES string of the molecule is CCOC(=O)CCCCC[N+]1=C(/C=C/C=C/C=C2/N(CCCCS(=O)(=O)[O-])c3ccc(C(=O)NC(CO)(CO)CO)cc3C2(C)C)C(C)(C)c2cc(C(=O)NC(CO)(CO)CO)ccc21. The minimum Gasteiger partial charge on any atom is -0.748 e. The maximum Gasteiger partial charge on any atom is 0.305 e. The first-order valence-electron chi connectivity index (χ1n) is 21.9. The zero-order valence-corrected chi connectivity index (χ0v) is 38.8. The van der Waals surface area contributed by atoms with Crippen LogP contribution in [0.5, 0.6) is 0 Å². The second-order valence-corrected chi connectivity index (χ2v) is 19.2. The maximum absolute atomic E-state index is 13.4. The number of aliphatic hydroxyl groups excluding tert-OH is 6. The van der Waals surface area contributed by atoms with Crippen LogP contribution in [-0.4, -0.2) is 148 Å². The van der Waals surface area contributed by atoms with Gasteiger partial charge in [-0.15, -0.1) is 0 Å². The molecule has 358 valence electrons. The van der Waals surface area contributed by atoms with Gasteiger partial charge in [-0.1, -0.05) is 32.1 Å². The Morgan fingerprint density at radius 3 is 1.88 bits per heavy atom. The topological polar surface area (TPSA) is 269 Å². The van der Waals surface area contributed by atoms with E-state index < -0.39 is 89.2 Å². The van der Waals surface area contributed by atoms with Crippen LogP contribution < -0.4 is 15.5 Å². The van der Waals surface area contributed by atoms with Crippen LogP contribution in [0.4, 0.5) is 11.4 Å². The number of anilines is 1. The Hall–Kier alpha value is -4.79. The lowest BCUT2D eigenvalue weighted by Crippen LogP contribution is -2.57. The van der Waals surface area contributed by atoms with E-state index >= 15 is 0 Å². The van der Waals surface area contributed by atoms with Gasteiger partial charge in [-0.3, -0.25) is 14.4 Å². The number of hydrogen-bond acceptors (Lipinski definition) is 14. The predicted octanol–water partition coefficient (Wildman–Crippen LogP) is 2.20. The fourth-order valence-electron chi connectivity index (χ4n) is 8.13. The highest BCUT2D eigenvalue weighted by molar-refractivity contribution is 7.85. The van der Waals surface area contributed by atoms with Crippen molar-refractivity contribution in [2.24, 2.45) is 0 Å². The van der Waals surface area contributed by atoms with Crippen molar-refractivity contribution in [3.8, 4) is 0 Å². The van der Waals surface area contributed by atoms with Crippen molar-refractivity contribution in [1.82, 2.24) is 10.6 Å². The summed E-state index contributed by atoms with van der Waals surface area (Å²) in [5.74, 6) is -1.92. The highest BCUT2D eigenvalue weighted by Gasteiger charge is 2.45. The first-order chi connectivity index (χ1) is 30.7. The van der Waals surface area contributed by atoms with Gasteiger partial charge in [0.25, 0.3) is 11.8 Å². The van der Waals surface area contributed by atoms with E-state index in [1.807, 2.05) is 69.0 Å². The predicted molar refractivity (Wildman–Crippen MR) is 244 cm³/mol. The molecule has 0 aromatic heterocycles. The van der Waals surface area contributed by atoms with Gasteiger partial charge in [0.2, 0.25) is 5.69 Å². The summed E-state index contributed by atoms with van der Waals surface area (Å²) in [5.41, 5.74) is 1.04. The number of unbranched alkanes of at least 4 members (excludes halogenated alkanes) is 3. The van der Waals surface area contributed by atoms with E-state index in [2.05, 4.69) is 15.2 Å². The number of carbonyl (C=O) groups is 3. The van der Waals surface area contributed by atoms with Gasteiger partial charge in [0.15, 0.2) is 5.71 Å². The summed E-state index contributed by atoms with van der Waals surface area (Å²) in [4.78, 5) is 40.7. The average molecular weight is 927 g/mol. The number of benzene rings is 2. The van der Waals surface area contributed by atoms with Gasteiger partial charge in [-0.25, -0.2) is 8.42 Å². The number of nitrogens with zero attached hydrogens (tertiary/aromatic N) is 2. The molecule has 0 saturated heterocycles. The summed E-state index contributed by atoms with van der Waals surface area (Å²) in [6.07, 6.45) is 12.6. The monoisotopic (exact) mass is 926 g/mol. The molecule has 2 heterocycles. The first-order valence-corrected chi connectivity index (χ1v) is 23.5. The van der Waals surface area contributed by atoms with E-state index in [-0.39, 0.29) is 23.5 Å². The zero-order valence-electron chi connectivity index (χ0n) is 38.0. The quantitative estimate of drug-likeness (QED) is 0.0233. The van der Waals surface area contributed by atoms with E-state index in [4.69, 9.17) is 4.74 Å². The summed E-state index contributed by atoms with van der Waals surface area (Å²) < 4.78 is 41.4. The normalized spacial score (nSPS) is 16.4. The summed E-state index contributed by atoms with van der Waals surface area (Å²) in [5, 5.41) is 63.9. The lowest BCUT2D eigenvalue weighted by Gasteiger charge is -2.29. The highest BCUT2D eigenvalue weighted by atomic mass is 32.2. The third-order valence-corrected chi connectivity index (χ3v) is 13.0. The van der Waals surface area contributed by atoms with Crippen LogP contribution in [0.3, 0.4) is 0 Å². The number of ether oxygens (including phenoxy) is 1. The molecule has 0 aliphatic carbocycles. The molecule has 2 aliphatic rings. The molecule has 2 aliphatic heterocycles. The van der Waals surface area contributed by atoms with Gasteiger partial charge in [0.05, 0.1) is 61.8 Å². The molecule has 0 unspecified atom stereocenters. The second kappa shape index (κ2) is 22.6. The number of fused-ring (bicyclic) bond motifs is 2. The number of carbonyl (C=O) groups excluding carboxylic acids is 3. The fraction of sp³-hybridized carbons (Fsp3) is 0.532. The molecule has 17 nitrogen and oxygen atoms in total. The van der Waals surface area contributed by atoms with Crippen molar-refractivity contribution in [3.63, 3.8) is 0 Å². The Morgan fingerprint density at radius 1 is 0.754 bits per heavy atom. The molecular formula is C47H66N4O13S. The molecule has 0 atom stereocenters. The average Bonchev–Trinajstić information content (AvgIpc) is 3.62. The molecule has 2 amide bonds. The van der Waals surface area contributed by atoms with Crippen LogP contribution in [0.1, 0.15) is 105 Å². The van der Waals surface area contributed by atoms with Crippen LogP contribution in [0, 0.1) is 0 Å². The summed E-state index contributed by atoms with van der Waals surface area (Å²) in [6.45, 7) is 7.06. The Bertz CT molecular complexity index is 2240. The lowest BCUT2D eigenvalue weighted by molar-refractivity contribution is -0.438. The van der Waals surface area contributed by atoms with E-state index in [0.29, 0.717) is 39.0 Å². The number of esters is 1. The standard InChI is InChI=1S/C47H66N4O13S/c1-6-64-41(58)17-11-8-12-22-50-37-20-18-33(42(59)48-46(27-52,28-53)29-54)25-35(37)44(2,3)39(50)15-9-7-10-16-40-45(4,5)36-26-34(43(60)49-47(30-55,31-56)32-57)19-21-38(36)51(40)23-13-14-24-65(61,62)63/h7,9-10,15-16,18-21,25-26,52-57H,6,8,11-14,17,22-24,27-32H2,1-5H3,(H2-,48,49,59,60,61,62,63). The molecule has 0 spiro atoms. The van der Waals surface area contributed by atoms with E-state index in [1.165, 1.54) is 0 Å². The van der Waals surface area contributed by atoms with Crippen molar-refractivity contribution < 1.29 is 67.3 Å². The molecule has 8 N–H and O–H groups in total. The number of aliphatic hydroxyl groups is 6. The Balaban J connectivity index is 1.68. The van der Waals surface area contributed by atoms with Crippen LogP contribution in [0.25, 0.3) is 0 Å². The molecule has 18 heteroatoms. The molecule has 0 fully saturated rings. The molecule has 2 aromatic rings. The minimum atomic E-state index is -4.41. The second-order valence-electron chi connectivity index (χ2n) is 17.7. The summed E-state index contributed by atoms with van der Waals surface area (Å²) in [7, 11) is -4.41. The molecule has 0 saturated carbocycles. The van der Waals surface area contributed by atoms with Gasteiger partial charge in [-0.2, -0.15) is 4.58 Å². The maximum atomic E-state index is 13.4. The Morgan fingerprint density at radius 2 is 1.32 bits per heavy atom. The largest absolute Gasteiger partial charge is 0.748 e. The van der Waals surface area contributed by atoms with Gasteiger partial charge >= 0.3 is 5.97 Å². The Labute approximate surface area is 381 Å². The molecule has 65 heavy (non-hydrogen) atoms. The number of nitrogens with one attached hydrogen (secondary N) is 2. The van der Waals surface area contributed by atoms with Crippen molar-refractivity contribution in [2.75, 3.05) is 70.0 Å². The van der Waals surface area contributed by atoms with Crippen LogP contribution in [0.15, 0.2) is 72.5 Å². The molecule has 0 bridgehead atoms. The molecule has 2 aromatic carbocycles. The van der Waals surface area contributed by atoms with Gasteiger partial charge < -0.3 is 55.5 Å².